The highest BCUT2D eigenvalue weighted by molar-refractivity contribution is 7.99. The molecule has 0 spiro atoms. The molecule has 2 aromatic carbocycles. The number of methoxy groups -OCH3 is 1. The van der Waals surface area contributed by atoms with Gasteiger partial charge in [-0.05, 0) is 69.0 Å². The number of ether oxygens (including phenoxy) is 2. The zero-order valence-corrected chi connectivity index (χ0v) is 20.1. The van der Waals surface area contributed by atoms with Crippen LogP contribution in [-0.2, 0) is 4.79 Å². The smallest absolute Gasteiger partial charge is 0.231 e. The molecule has 3 aromatic rings. The van der Waals surface area contributed by atoms with Gasteiger partial charge in [-0.15, -0.1) is 10.2 Å². The molecule has 1 aliphatic carbocycles. The lowest BCUT2D eigenvalue weighted by atomic mass is 10.0. The fraction of sp³-hybridized carbons (Fsp3) is 0.360. The summed E-state index contributed by atoms with van der Waals surface area (Å²) in [6.45, 7) is 2.53. The molecule has 4 rings (SSSR count). The fourth-order valence-electron chi connectivity index (χ4n) is 4.08. The maximum absolute atomic E-state index is 12.7. The van der Waals surface area contributed by atoms with Crippen molar-refractivity contribution in [1.82, 2.24) is 20.1 Å². The Bertz CT molecular complexity index is 1180. The van der Waals surface area contributed by atoms with Gasteiger partial charge in [0.15, 0.2) is 11.0 Å². The molecule has 0 radical (unpaired) electrons. The number of carbonyl (C=O) groups excluding carboxylic acids is 1. The Morgan fingerprint density at radius 2 is 1.94 bits per heavy atom. The maximum atomic E-state index is 12.7. The molecule has 1 heterocycles. The number of nitrogens with one attached hydrogen (secondary N) is 1. The molecule has 1 aliphatic rings. The summed E-state index contributed by atoms with van der Waals surface area (Å²) in [5.41, 5.74) is 0.941. The summed E-state index contributed by atoms with van der Waals surface area (Å²) in [7, 11) is 1.62. The van der Waals surface area contributed by atoms with E-state index in [0.29, 0.717) is 36.2 Å². The van der Waals surface area contributed by atoms with Crippen LogP contribution in [0.5, 0.6) is 11.5 Å². The van der Waals surface area contributed by atoms with Crippen molar-refractivity contribution in [3.05, 3.63) is 48.5 Å². The second-order valence-corrected chi connectivity index (χ2v) is 8.98. The van der Waals surface area contributed by atoms with Gasteiger partial charge in [0.1, 0.15) is 17.0 Å². The van der Waals surface area contributed by atoms with Crippen LogP contribution in [0.1, 0.15) is 32.6 Å². The predicted octanol–water partition coefficient (Wildman–Crippen LogP) is 4.39. The van der Waals surface area contributed by atoms with E-state index in [2.05, 4.69) is 21.6 Å². The Morgan fingerprint density at radius 1 is 1.18 bits per heavy atom. The quantitative estimate of drug-likeness (QED) is 0.456. The number of rotatable bonds is 9. The van der Waals surface area contributed by atoms with Crippen molar-refractivity contribution in [2.45, 2.75) is 43.3 Å². The molecule has 0 unspecified atom stereocenters. The summed E-state index contributed by atoms with van der Waals surface area (Å²) in [4.78, 5) is 12.7. The van der Waals surface area contributed by atoms with E-state index in [1.165, 1.54) is 11.8 Å². The lowest BCUT2D eigenvalue weighted by molar-refractivity contribution is -0.119. The second kappa shape index (κ2) is 10.6. The van der Waals surface area contributed by atoms with Crippen LogP contribution in [0.25, 0.3) is 17.1 Å². The number of benzene rings is 2. The van der Waals surface area contributed by atoms with Crippen molar-refractivity contribution >= 4 is 17.7 Å². The van der Waals surface area contributed by atoms with Gasteiger partial charge in [0.05, 0.1) is 25.5 Å². The van der Waals surface area contributed by atoms with Crippen molar-refractivity contribution in [1.29, 1.82) is 5.26 Å². The van der Waals surface area contributed by atoms with Crippen LogP contribution < -0.4 is 14.8 Å². The third-order valence-electron chi connectivity index (χ3n) is 5.75. The number of hydrogen-bond acceptors (Lipinski definition) is 7. The van der Waals surface area contributed by atoms with Crippen molar-refractivity contribution in [3.63, 3.8) is 0 Å². The van der Waals surface area contributed by atoms with Crippen molar-refractivity contribution in [3.8, 4) is 34.6 Å². The number of hydrogen-bond donors (Lipinski definition) is 1. The normalized spacial score (nSPS) is 14.4. The van der Waals surface area contributed by atoms with Gasteiger partial charge < -0.3 is 14.8 Å². The Labute approximate surface area is 203 Å². The minimum absolute atomic E-state index is 0.136. The van der Waals surface area contributed by atoms with Crippen LogP contribution in [0.3, 0.4) is 0 Å². The number of amides is 1. The Kier molecular flexibility index (Phi) is 7.38. The molecule has 9 heteroatoms. The van der Waals surface area contributed by atoms with E-state index in [4.69, 9.17) is 9.47 Å². The Morgan fingerprint density at radius 3 is 2.62 bits per heavy atom. The zero-order chi connectivity index (χ0) is 24.0. The molecule has 8 nitrogen and oxygen atoms in total. The molecule has 1 fully saturated rings. The van der Waals surface area contributed by atoms with Crippen molar-refractivity contribution in [2.24, 2.45) is 0 Å². The highest BCUT2D eigenvalue weighted by Gasteiger charge is 2.35. The monoisotopic (exact) mass is 477 g/mol. The minimum atomic E-state index is -0.744. The number of thioether (sulfide) groups is 1. The Hall–Kier alpha value is -3.51. The molecule has 34 heavy (non-hydrogen) atoms. The summed E-state index contributed by atoms with van der Waals surface area (Å²) in [6, 6.07) is 17.6. The average molecular weight is 478 g/mol. The van der Waals surface area contributed by atoms with E-state index >= 15 is 0 Å². The third kappa shape index (κ3) is 5.18. The van der Waals surface area contributed by atoms with Gasteiger partial charge in [0.25, 0.3) is 0 Å². The van der Waals surface area contributed by atoms with E-state index in [-0.39, 0.29) is 11.7 Å². The summed E-state index contributed by atoms with van der Waals surface area (Å²) in [5.74, 6) is 2.07. The molecule has 1 amide bonds. The maximum Gasteiger partial charge on any atom is 0.231 e. The third-order valence-corrected chi connectivity index (χ3v) is 6.68. The van der Waals surface area contributed by atoms with Crippen LogP contribution in [0.2, 0.25) is 0 Å². The molecule has 1 aromatic heterocycles. The summed E-state index contributed by atoms with van der Waals surface area (Å²) < 4.78 is 12.9. The molecule has 1 N–H and O–H groups in total. The number of carbonyl (C=O) groups is 1. The van der Waals surface area contributed by atoms with Gasteiger partial charge in [-0.3, -0.25) is 9.36 Å². The first kappa shape index (κ1) is 23.6. The molecule has 0 saturated heterocycles. The predicted molar refractivity (Wildman–Crippen MR) is 130 cm³/mol. The largest absolute Gasteiger partial charge is 0.497 e. The minimum Gasteiger partial charge on any atom is -0.497 e. The zero-order valence-electron chi connectivity index (χ0n) is 19.3. The lowest BCUT2D eigenvalue weighted by Crippen LogP contribution is -2.45. The molecular weight excluding hydrogens is 450 g/mol. The van der Waals surface area contributed by atoms with Crippen LogP contribution in [-0.4, -0.2) is 45.7 Å². The van der Waals surface area contributed by atoms with Gasteiger partial charge in [-0.2, -0.15) is 5.26 Å². The molecule has 1 saturated carbocycles. The average Bonchev–Trinajstić information content (AvgIpc) is 3.51. The van der Waals surface area contributed by atoms with E-state index in [9.17, 15) is 10.1 Å². The molecule has 0 bridgehead atoms. The highest BCUT2D eigenvalue weighted by atomic mass is 32.2. The van der Waals surface area contributed by atoms with E-state index in [1.54, 1.807) is 7.11 Å². The number of nitriles is 1. The number of aromatic nitrogens is 3. The highest BCUT2D eigenvalue weighted by Crippen LogP contribution is 2.32. The number of nitrogens with zero attached hydrogens (tertiary/aromatic N) is 4. The Balaban J connectivity index is 1.62. The van der Waals surface area contributed by atoms with Crippen LogP contribution in [0.4, 0.5) is 0 Å². The molecule has 176 valence electrons. The van der Waals surface area contributed by atoms with Gasteiger partial charge in [0, 0.05) is 11.3 Å². The second-order valence-electron chi connectivity index (χ2n) is 8.04. The fourth-order valence-corrected chi connectivity index (χ4v) is 4.83. The first-order valence-electron chi connectivity index (χ1n) is 11.3. The standard InChI is InChI=1S/C25H27N5O3S/c1-3-33-20-11-9-19(10-12-20)30-23(18-7-6-8-21(15-18)32-2)28-29-24(30)34-16-22(31)27-25(17-26)13-4-5-14-25/h6-12,15H,3-5,13-14,16H2,1-2H3,(H,27,31). The summed E-state index contributed by atoms with van der Waals surface area (Å²) in [6.07, 6.45) is 3.30. The molecular formula is C25H27N5O3S. The molecule has 0 aliphatic heterocycles. The van der Waals surface area contributed by atoms with Gasteiger partial charge in [-0.1, -0.05) is 23.9 Å². The first-order chi connectivity index (χ1) is 16.6. The van der Waals surface area contributed by atoms with Gasteiger partial charge in [0.2, 0.25) is 5.91 Å². The van der Waals surface area contributed by atoms with Crippen LogP contribution in [0, 0.1) is 11.3 Å². The summed E-state index contributed by atoms with van der Waals surface area (Å²) in [5, 5.41) is 21.9. The SMILES string of the molecule is CCOc1ccc(-n2c(SCC(=O)NC3(C#N)CCCC3)nnc2-c2cccc(OC)c2)cc1. The summed E-state index contributed by atoms with van der Waals surface area (Å²) >= 11 is 1.29. The topological polar surface area (TPSA) is 102 Å². The molecule has 0 atom stereocenters. The van der Waals surface area contributed by atoms with E-state index in [0.717, 1.165) is 29.8 Å². The van der Waals surface area contributed by atoms with Crippen molar-refractivity contribution < 1.29 is 14.3 Å². The van der Waals surface area contributed by atoms with Crippen molar-refractivity contribution in [2.75, 3.05) is 19.5 Å². The first-order valence-corrected chi connectivity index (χ1v) is 12.2. The van der Waals surface area contributed by atoms with Crippen LogP contribution >= 0.6 is 11.8 Å². The van der Waals surface area contributed by atoms with Gasteiger partial charge >= 0.3 is 0 Å². The van der Waals surface area contributed by atoms with Crippen LogP contribution in [0.15, 0.2) is 53.7 Å². The van der Waals surface area contributed by atoms with E-state index in [1.807, 2.05) is 60.0 Å². The van der Waals surface area contributed by atoms with E-state index < -0.39 is 5.54 Å². The van der Waals surface area contributed by atoms with Gasteiger partial charge in [-0.25, -0.2) is 0 Å². The lowest BCUT2D eigenvalue weighted by Gasteiger charge is -2.21.